The summed E-state index contributed by atoms with van der Waals surface area (Å²) in [5, 5.41) is 17.5. The SMILES string of the molecule is CCCCCCCCCCCCNC(=O)CCNCCC(CCC(=O)NCCCCCCCCCCCC)(CCC(=O)NCCCCCCCCCCCC)CN(N)C(C)(CCC(=O)NCCCCCCCCCCCC)C(N)=O. The highest BCUT2D eigenvalue weighted by molar-refractivity contribution is 5.85. The van der Waals surface area contributed by atoms with Gasteiger partial charge in [0.2, 0.25) is 29.5 Å². The number of hydrogen-bond acceptors (Lipinski definition) is 8. The van der Waals surface area contributed by atoms with E-state index in [4.69, 9.17) is 11.6 Å². The lowest BCUT2D eigenvalue weighted by atomic mass is 9.74. The van der Waals surface area contributed by atoms with E-state index in [0.717, 1.165) is 51.4 Å². The molecule has 0 aliphatic heterocycles. The Morgan fingerprint density at radius 1 is 0.325 bits per heavy atom. The van der Waals surface area contributed by atoms with Gasteiger partial charge in [-0.25, -0.2) is 5.01 Å². The van der Waals surface area contributed by atoms with Crippen LogP contribution in [0.4, 0.5) is 0 Å². The van der Waals surface area contributed by atoms with Crippen LogP contribution < -0.4 is 38.2 Å². The number of rotatable bonds is 63. The van der Waals surface area contributed by atoms with Crippen molar-refractivity contribution in [3.05, 3.63) is 0 Å². The van der Waals surface area contributed by atoms with Gasteiger partial charge < -0.3 is 32.3 Å². The van der Waals surface area contributed by atoms with Crippen LogP contribution in [0.2, 0.25) is 0 Å². The number of hydrazine groups is 1. The maximum Gasteiger partial charge on any atom is 0.239 e. The predicted molar refractivity (Wildman–Crippen MR) is 340 cm³/mol. The normalized spacial score (nSPS) is 12.4. The summed E-state index contributed by atoms with van der Waals surface area (Å²) in [5.74, 6) is 6.21. The molecule has 0 aliphatic carbocycles. The molecule has 1 atom stereocenters. The second-order valence-corrected chi connectivity index (χ2v) is 24.6. The minimum absolute atomic E-state index is 0.0238. The zero-order valence-corrected chi connectivity index (χ0v) is 53.5. The van der Waals surface area contributed by atoms with E-state index in [1.165, 1.54) is 210 Å². The van der Waals surface area contributed by atoms with Gasteiger partial charge in [-0.3, -0.25) is 29.8 Å². The van der Waals surface area contributed by atoms with E-state index in [2.05, 4.69) is 54.3 Å². The average Bonchev–Trinajstić information content (AvgIpc) is 3.45. The number of nitrogens with zero attached hydrogens (tertiary/aromatic N) is 1. The Bertz CT molecular complexity index is 1410. The molecule has 0 fully saturated rings. The third-order valence-electron chi connectivity index (χ3n) is 17.0. The van der Waals surface area contributed by atoms with Crippen molar-refractivity contribution >= 4 is 29.5 Å². The van der Waals surface area contributed by atoms with Gasteiger partial charge in [0.15, 0.2) is 0 Å². The summed E-state index contributed by atoms with van der Waals surface area (Å²) < 4.78 is 0. The maximum atomic E-state index is 13.7. The smallest absolute Gasteiger partial charge is 0.239 e. The average molecular weight is 1130 g/mol. The van der Waals surface area contributed by atoms with Gasteiger partial charge in [0, 0.05) is 65.0 Å². The van der Waals surface area contributed by atoms with Crippen molar-refractivity contribution in [2.45, 2.75) is 348 Å². The highest BCUT2D eigenvalue weighted by atomic mass is 16.2. The van der Waals surface area contributed by atoms with E-state index in [0.29, 0.717) is 65.0 Å². The Hall–Kier alpha value is -2.77. The largest absolute Gasteiger partial charge is 0.368 e. The van der Waals surface area contributed by atoms with Gasteiger partial charge in [-0.15, -0.1) is 0 Å². The number of amides is 5. The van der Waals surface area contributed by atoms with E-state index in [1.54, 1.807) is 6.92 Å². The fourth-order valence-electron chi connectivity index (χ4n) is 11.1. The lowest BCUT2D eigenvalue weighted by Crippen LogP contribution is -2.61. The van der Waals surface area contributed by atoms with Crippen molar-refractivity contribution in [3.63, 3.8) is 0 Å². The summed E-state index contributed by atoms with van der Waals surface area (Å²) in [6.07, 6.45) is 51.7. The fraction of sp³-hybridized carbons (Fsp3) is 0.925. The summed E-state index contributed by atoms with van der Waals surface area (Å²) in [6.45, 7) is 14.4. The number of nitrogens with two attached hydrogens (primary N) is 2. The van der Waals surface area contributed by atoms with Crippen LogP contribution in [-0.2, 0) is 24.0 Å². The number of nitrogens with one attached hydrogen (secondary N) is 5. The van der Waals surface area contributed by atoms with Gasteiger partial charge in [0.05, 0.1) is 0 Å². The molecular formula is C67H134N8O5. The number of carbonyl (C=O) groups excluding carboxylic acids is 5. The summed E-state index contributed by atoms with van der Waals surface area (Å²) in [5.41, 5.74) is 4.13. The molecule has 13 nitrogen and oxygen atoms in total. The third-order valence-corrected chi connectivity index (χ3v) is 17.0. The molecule has 9 N–H and O–H groups in total. The highest BCUT2D eigenvalue weighted by Gasteiger charge is 2.42. The number of hydrogen-bond donors (Lipinski definition) is 7. The molecule has 0 saturated carbocycles. The monoisotopic (exact) mass is 1130 g/mol. The maximum absolute atomic E-state index is 13.7. The zero-order valence-electron chi connectivity index (χ0n) is 53.5. The Balaban J connectivity index is 5.92. The number of primary amides is 1. The van der Waals surface area contributed by atoms with Crippen molar-refractivity contribution in [1.82, 2.24) is 31.6 Å². The summed E-state index contributed by atoms with van der Waals surface area (Å²) in [6, 6.07) is 0. The molecule has 0 rings (SSSR count). The van der Waals surface area contributed by atoms with E-state index in [9.17, 15) is 24.0 Å². The standard InChI is InChI=1S/C67H134N8O5/c1-6-10-14-18-22-26-30-34-38-42-54-71-61(76)46-50-66(5,65(68)80)75(69)60-67(51-47-62(77)72-55-43-39-35-31-27-23-19-15-11-7-2,52-48-63(78)73-56-44-40-36-32-28-24-20-16-12-8-3)53-59-70-58-49-64(79)74-57-45-41-37-33-29-25-21-17-13-9-4/h70H,6-60,69H2,1-5H3,(H2,68,80)(H,71,76)(H,72,77)(H,73,78)(H,74,79). The second-order valence-electron chi connectivity index (χ2n) is 24.6. The van der Waals surface area contributed by atoms with Crippen molar-refractivity contribution in [2.75, 3.05) is 45.8 Å². The molecule has 0 aromatic rings. The molecule has 0 aromatic heterocycles. The first kappa shape index (κ1) is 77.2. The van der Waals surface area contributed by atoms with Crippen LogP contribution in [0.15, 0.2) is 0 Å². The quantitative estimate of drug-likeness (QED) is 0.0177. The first-order valence-electron chi connectivity index (χ1n) is 34.5. The molecule has 0 saturated heterocycles. The predicted octanol–water partition coefficient (Wildman–Crippen LogP) is 15.3. The van der Waals surface area contributed by atoms with Crippen LogP contribution in [0.25, 0.3) is 0 Å². The Morgan fingerprint density at radius 2 is 0.575 bits per heavy atom. The summed E-state index contributed by atoms with van der Waals surface area (Å²) >= 11 is 0. The Morgan fingerprint density at radius 3 is 0.850 bits per heavy atom. The molecule has 80 heavy (non-hydrogen) atoms. The topological polar surface area (TPSA) is 201 Å². The first-order valence-corrected chi connectivity index (χ1v) is 34.5. The van der Waals surface area contributed by atoms with Crippen LogP contribution in [0.3, 0.4) is 0 Å². The number of unbranched alkanes of at least 4 members (excludes halogenated alkanes) is 36. The third kappa shape index (κ3) is 47.7. The van der Waals surface area contributed by atoms with Crippen molar-refractivity contribution < 1.29 is 24.0 Å². The molecule has 0 heterocycles. The van der Waals surface area contributed by atoms with Crippen molar-refractivity contribution in [1.29, 1.82) is 0 Å². The molecular weight excluding hydrogens is 997 g/mol. The van der Waals surface area contributed by atoms with Crippen LogP contribution in [-0.4, -0.2) is 85.9 Å². The molecule has 0 bridgehead atoms. The van der Waals surface area contributed by atoms with Gasteiger partial charge in [-0.1, -0.05) is 259 Å². The molecule has 1 unspecified atom stereocenters. The molecule has 472 valence electrons. The Labute approximate surface area is 494 Å². The fourth-order valence-corrected chi connectivity index (χ4v) is 11.1. The minimum atomic E-state index is -1.37. The van der Waals surface area contributed by atoms with Crippen LogP contribution in [0.1, 0.15) is 343 Å². The molecule has 0 radical (unpaired) electrons. The van der Waals surface area contributed by atoms with E-state index < -0.39 is 16.9 Å². The van der Waals surface area contributed by atoms with E-state index >= 15 is 0 Å². The van der Waals surface area contributed by atoms with Crippen molar-refractivity contribution in [2.24, 2.45) is 17.0 Å². The lowest BCUT2D eigenvalue weighted by molar-refractivity contribution is -0.133. The van der Waals surface area contributed by atoms with Crippen molar-refractivity contribution in [3.8, 4) is 0 Å². The molecule has 13 heteroatoms. The molecule has 0 aromatic carbocycles. The van der Waals surface area contributed by atoms with E-state index in [1.807, 2.05) is 0 Å². The molecule has 0 aliphatic rings. The Kier molecular flexibility index (Phi) is 54.7. The first-order chi connectivity index (χ1) is 38.9. The van der Waals surface area contributed by atoms with Crippen LogP contribution in [0, 0.1) is 5.41 Å². The lowest BCUT2D eigenvalue weighted by Gasteiger charge is -2.43. The minimum Gasteiger partial charge on any atom is -0.368 e. The van der Waals surface area contributed by atoms with Gasteiger partial charge in [0.25, 0.3) is 0 Å². The van der Waals surface area contributed by atoms with Gasteiger partial charge in [-0.2, -0.15) is 0 Å². The molecule has 5 amide bonds. The van der Waals surface area contributed by atoms with Crippen LogP contribution >= 0.6 is 0 Å². The van der Waals surface area contributed by atoms with Crippen LogP contribution in [0.5, 0.6) is 0 Å². The summed E-state index contributed by atoms with van der Waals surface area (Å²) in [4.78, 5) is 66.9. The second kappa shape index (κ2) is 56.7. The van der Waals surface area contributed by atoms with E-state index in [-0.39, 0.29) is 55.9 Å². The highest BCUT2D eigenvalue weighted by Crippen LogP contribution is 2.37. The summed E-state index contributed by atoms with van der Waals surface area (Å²) in [7, 11) is 0. The van der Waals surface area contributed by atoms with Gasteiger partial charge in [-0.05, 0) is 70.3 Å². The zero-order chi connectivity index (χ0) is 58.9. The van der Waals surface area contributed by atoms with Gasteiger partial charge >= 0.3 is 0 Å². The molecule has 0 spiro atoms. The number of carbonyl (C=O) groups is 5. The van der Waals surface area contributed by atoms with Gasteiger partial charge in [0.1, 0.15) is 5.54 Å².